The summed E-state index contributed by atoms with van der Waals surface area (Å²) in [5.41, 5.74) is 1.55. The van der Waals surface area contributed by atoms with Gasteiger partial charge in [-0.25, -0.2) is 0 Å². The Morgan fingerprint density at radius 2 is 1.09 bits per heavy atom. The fourth-order valence-corrected chi connectivity index (χ4v) is 4.51. The average Bonchev–Trinajstić information content (AvgIpc) is 2.83. The Morgan fingerprint density at radius 1 is 0.765 bits per heavy atom. The van der Waals surface area contributed by atoms with Crippen LogP contribution in [0.25, 0.3) is 0 Å². The summed E-state index contributed by atoms with van der Waals surface area (Å²) in [5, 5.41) is 0. The molecule has 0 amide bonds. The van der Waals surface area contributed by atoms with E-state index in [1.807, 2.05) is 26.8 Å². The lowest BCUT2D eigenvalue weighted by atomic mass is 10.1. The first-order chi connectivity index (χ1) is 16.1. The van der Waals surface area contributed by atoms with Gasteiger partial charge in [0.2, 0.25) is 0 Å². The summed E-state index contributed by atoms with van der Waals surface area (Å²) in [7, 11) is 4.10. The molecule has 2 heterocycles. The zero-order valence-corrected chi connectivity index (χ0v) is 22.3. The molecule has 0 N–H and O–H groups in total. The van der Waals surface area contributed by atoms with Crippen molar-refractivity contribution in [2.24, 2.45) is 0 Å². The average molecular weight is 537 g/mol. The molecule has 0 aromatic carbocycles. The smallest absolute Gasteiger partial charge is 0.326 e. The number of carbonyl (C=O) groups is 3. The minimum Gasteiger partial charge on any atom is -0.542 e. The van der Waals surface area contributed by atoms with Crippen LogP contribution in [-0.4, -0.2) is 106 Å². The van der Waals surface area contributed by atoms with Crippen LogP contribution in [0.1, 0.15) is 32.2 Å². The third-order valence-corrected chi connectivity index (χ3v) is 6.70. The lowest BCUT2D eigenvalue weighted by Crippen LogP contribution is -2.51. The second-order valence-electron chi connectivity index (χ2n) is 8.34. The number of hydrogen-bond acceptors (Lipinski definition) is 10. The Hall–Kier alpha value is -1.89. The molecule has 0 saturated heterocycles. The molecule has 0 saturated carbocycles. The second kappa shape index (κ2) is 13.3. The summed E-state index contributed by atoms with van der Waals surface area (Å²) in [5.74, 6) is -1.02. The highest BCUT2D eigenvalue weighted by Crippen LogP contribution is 2.19. The van der Waals surface area contributed by atoms with E-state index < -0.39 is 18.1 Å². The van der Waals surface area contributed by atoms with Gasteiger partial charge in [0.25, 0.3) is 0 Å². The predicted molar refractivity (Wildman–Crippen MR) is 137 cm³/mol. The van der Waals surface area contributed by atoms with Crippen LogP contribution in [0.4, 0.5) is 0 Å². The summed E-state index contributed by atoms with van der Waals surface area (Å²) in [6.45, 7) is 8.19. The Balaban J connectivity index is 2.46. The van der Waals surface area contributed by atoms with Crippen LogP contribution in [0, 0.1) is 0 Å². The Labute approximate surface area is 212 Å². The first kappa shape index (κ1) is 28.4. The van der Waals surface area contributed by atoms with Gasteiger partial charge in [0.05, 0.1) is 11.4 Å². The van der Waals surface area contributed by atoms with E-state index in [2.05, 4.69) is 15.9 Å². The molecule has 184 valence electrons. The van der Waals surface area contributed by atoms with Crippen molar-refractivity contribution in [2.45, 2.75) is 52.0 Å². The van der Waals surface area contributed by atoms with Crippen LogP contribution < -0.4 is 0 Å². The molecule has 1 aromatic rings. The van der Waals surface area contributed by atoms with Crippen molar-refractivity contribution >= 4 is 58.0 Å². The fourth-order valence-electron chi connectivity index (χ4n) is 3.98. The summed E-state index contributed by atoms with van der Waals surface area (Å²) in [4.78, 5) is 47.8. The van der Waals surface area contributed by atoms with Gasteiger partial charge in [-0.05, 0) is 32.9 Å². The normalized spacial score (nSPS) is 19.1. The van der Waals surface area contributed by atoms with Gasteiger partial charge in [-0.15, -0.1) is 0 Å². The van der Waals surface area contributed by atoms with E-state index >= 15 is 0 Å². The molecule has 1 aliphatic heterocycles. The van der Waals surface area contributed by atoms with Crippen LogP contribution in [0.2, 0.25) is 0 Å². The summed E-state index contributed by atoms with van der Waals surface area (Å²) in [6.07, 6.45) is 0. The van der Waals surface area contributed by atoms with Gasteiger partial charge in [0.1, 0.15) is 18.1 Å². The number of fused-ring (bicyclic) bond motifs is 2. The van der Waals surface area contributed by atoms with Crippen LogP contribution in [0.3, 0.4) is 0 Å². The minimum absolute atomic E-state index is 0.340. The number of hydrogen-bond donors (Lipinski definition) is 0. The SMILES string of the molecule is BOC(=O)C(C)N1CCN(C(C)C(=O)OB)Cc2cc(Br)cc(n2)CN(C(C)C(=O)OB)CC1. The maximum atomic E-state index is 12.3. The number of halogens is 1. The van der Waals surface area contributed by atoms with E-state index in [1.54, 1.807) is 20.8 Å². The van der Waals surface area contributed by atoms with Crippen LogP contribution in [0.15, 0.2) is 16.6 Å². The molecule has 2 rings (SSSR count). The van der Waals surface area contributed by atoms with Gasteiger partial charge >= 0.3 is 42.1 Å². The topological polar surface area (TPSA) is 102 Å². The molecule has 0 aliphatic carbocycles. The number of carbonyl (C=O) groups excluding carboxylic acids is 3. The largest absolute Gasteiger partial charge is 0.542 e. The molecule has 14 heteroatoms. The Kier molecular flexibility index (Phi) is 11.1. The van der Waals surface area contributed by atoms with E-state index in [1.165, 1.54) is 24.1 Å². The summed E-state index contributed by atoms with van der Waals surface area (Å²) >= 11 is 3.56. The lowest BCUT2D eigenvalue weighted by Gasteiger charge is -2.35. The van der Waals surface area contributed by atoms with E-state index in [0.29, 0.717) is 39.3 Å². The Morgan fingerprint density at radius 3 is 1.44 bits per heavy atom. The zero-order chi connectivity index (χ0) is 25.4. The molecule has 10 nitrogen and oxygen atoms in total. The third-order valence-electron chi connectivity index (χ3n) is 6.25. The molecule has 1 aliphatic rings. The maximum Gasteiger partial charge on any atom is 0.326 e. The molecule has 0 spiro atoms. The highest BCUT2D eigenvalue weighted by Gasteiger charge is 2.29. The predicted octanol–water partition coefficient (Wildman–Crippen LogP) is -1.80. The van der Waals surface area contributed by atoms with Crippen molar-refractivity contribution in [3.05, 3.63) is 28.0 Å². The van der Waals surface area contributed by atoms with Crippen molar-refractivity contribution in [1.29, 1.82) is 0 Å². The monoisotopic (exact) mass is 536 g/mol. The molecule has 0 radical (unpaired) electrons. The summed E-state index contributed by atoms with van der Waals surface area (Å²) < 4.78 is 15.8. The van der Waals surface area contributed by atoms with E-state index in [4.69, 9.17) is 18.9 Å². The summed E-state index contributed by atoms with van der Waals surface area (Å²) in [6, 6.07) is 2.33. The van der Waals surface area contributed by atoms with Gasteiger partial charge < -0.3 is 14.0 Å². The van der Waals surface area contributed by atoms with Gasteiger partial charge in [-0.1, -0.05) is 15.9 Å². The van der Waals surface area contributed by atoms with Crippen molar-refractivity contribution in [3.63, 3.8) is 0 Å². The van der Waals surface area contributed by atoms with E-state index in [-0.39, 0.29) is 17.9 Å². The number of pyridine rings is 1. The van der Waals surface area contributed by atoms with Gasteiger partial charge in [0, 0.05) is 43.7 Å². The molecular formula is C20H32B3BrN4O6. The molecule has 3 atom stereocenters. The van der Waals surface area contributed by atoms with Crippen LogP contribution in [0.5, 0.6) is 0 Å². The fraction of sp³-hybridized carbons (Fsp3) is 0.600. The first-order valence-corrected chi connectivity index (χ1v) is 12.0. The molecule has 34 heavy (non-hydrogen) atoms. The minimum atomic E-state index is -0.497. The highest BCUT2D eigenvalue weighted by molar-refractivity contribution is 9.10. The Bertz CT molecular complexity index is 828. The van der Waals surface area contributed by atoms with Crippen molar-refractivity contribution in [1.82, 2.24) is 19.7 Å². The number of aromatic nitrogens is 1. The van der Waals surface area contributed by atoms with Crippen molar-refractivity contribution < 1.29 is 28.3 Å². The highest BCUT2D eigenvalue weighted by atomic mass is 79.9. The van der Waals surface area contributed by atoms with E-state index in [9.17, 15) is 14.4 Å². The molecule has 1 aromatic heterocycles. The second-order valence-corrected chi connectivity index (χ2v) is 9.26. The zero-order valence-electron chi connectivity index (χ0n) is 20.7. The molecule has 0 fully saturated rings. The van der Waals surface area contributed by atoms with Gasteiger partial charge in [-0.3, -0.25) is 34.1 Å². The van der Waals surface area contributed by atoms with Crippen molar-refractivity contribution in [3.8, 4) is 0 Å². The van der Waals surface area contributed by atoms with Crippen LogP contribution >= 0.6 is 15.9 Å². The number of nitrogens with zero attached hydrogens (tertiary/aromatic N) is 4. The third kappa shape index (κ3) is 7.56. The quantitative estimate of drug-likeness (QED) is 0.387. The number of rotatable bonds is 6. The molecule has 2 bridgehead atoms. The molecular weight excluding hydrogens is 505 g/mol. The molecule has 3 unspecified atom stereocenters. The first-order valence-electron chi connectivity index (χ1n) is 11.2. The lowest BCUT2D eigenvalue weighted by molar-refractivity contribution is -0.142. The van der Waals surface area contributed by atoms with Gasteiger partial charge in [-0.2, -0.15) is 0 Å². The van der Waals surface area contributed by atoms with Gasteiger partial charge in [0.15, 0.2) is 0 Å². The standard InChI is InChI=1S/C20H32B3BrN4O6/c1-12(18(29)32-21)26-4-6-27(13(2)19(30)33-22)10-16-8-15(24)9-17(25-16)11-28(7-5-26)14(3)20(31)34-23/h8-9,12-14H,4-7,10-11,21-23H2,1-3H3. The van der Waals surface area contributed by atoms with Crippen molar-refractivity contribution in [2.75, 3.05) is 26.2 Å². The maximum absolute atomic E-state index is 12.3. The van der Waals surface area contributed by atoms with Crippen LogP contribution in [-0.2, 0) is 41.4 Å². The van der Waals surface area contributed by atoms with E-state index in [0.717, 1.165) is 15.9 Å².